The van der Waals surface area contributed by atoms with Gasteiger partial charge in [-0.1, -0.05) is 30.0 Å². The molecular weight excluding hydrogens is 539 g/mol. The lowest BCUT2D eigenvalue weighted by molar-refractivity contribution is -0.137. The van der Waals surface area contributed by atoms with Gasteiger partial charge in [-0.15, -0.1) is 33.9 Å². The van der Waals surface area contributed by atoms with Gasteiger partial charge in [0, 0.05) is 36.9 Å². The maximum atomic E-state index is 12.8. The van der Waals surface area contributed by atoms with Crippen LogP contribution in [0, 0.1) is 12.8 Å². The fourth-order valence-electron chi connectivity index (χ4n) is 5.51. The van der Waals surface area contributed by atoms with Crippen LogP contribution >= 0.6 is 35.5 Å². The third-order valence-electron chi connectivity index (χ3n) is 7.44. The molecule has 11 heteroatoms. The van der Waals surface area contributed by atoms with Crippen molar-refractivity contribution in [2.45, 2.75) is 36.5 Å². The number of alkyl halides is 3. The number of nitrogens with zero attached hydrogens (tertiary/aromatic N) is 5. The topological polar surface area (TPSA) is 46.8 Å². The Bertz CT molecular complexity index is 1420. The van der Waals surface area contributed by atoms with E-state index >= 15 is 0 Å². The van der Waals surface area contributed by atoms with Gasteiger partial charge in [0.1, 0.15) is 0 Å². The van der Waals surface area contributed by atoms with Crippen LogP contribution in [0.25, 0.3) is 21.6 Å². The number of hydrogen-bond acceptors (Lipinski definition) is 6. The van der Waals surface area contributed by atoms with Crippen LogP contribution in [0.1, 0.15) is 29.0 Å². The van der Waals surface area contributed by atoms with E-state index in [4.69, 9.17) is 0 Å². The third-order valence-corrected chi connectivity index (χ3v) is 9.50. The monoisotopic (exact) mass is 565 g/mol. The van der Waals surface area contributed by atoms with Crippen molar-refractivity contribution in [3.05, 3.63) is 58.6 Å². The number of halogens is 4. The molecule has 37 heavy (non-hydrogen) atoms. The summed E-state index contributed by atoms with van der Waals surface area (Å²) in [5.41, 5.74) is 2.83. The number of fused-ring (bicyclic) bond motifs is 2. The van der Waals surface area contributed by atoms with Crippen LogP contribution in [0.15, 0.2) is 47.6 Å². The molecule has 1 saturated carbocycles. The van der Waals surface area contributed by atoms with Gasteiger partial charge in [0.05, 0.1) is 20.8 Å². The first-order valence-corrected chi connectivity index (χ1v) is 13.8. The normalized spacial score (nSPS) is 21.3. The Labute approximate surface area is 227 Å². The van der Waals surface area contributed by atoms with Crippen LogP contribution < -0.4 is 0 Å². The highest BCUT2D eigenvalue weighted by atomic mass is 35.5. The lowest BCUT2D eigenvalue weighted by Crippen LogP contribution is -2.27. The second-order valence-electron chi connectivity index (χ2n) is 9.85. The van der Waals surface area contributed by atoms with Crippen LogP contribution in [-0.2, 0) is 18.6 Å². The van der Waals surface area contributed by atoms with Gasteiger partial charge in [-0.25, -0.2) is 4.98 Å². The highest BCUT2D eigenvalue weighted by molar-refractivity contribution is 7.99. The first-order valence-electron chi connectivity index (χ1n) is 12.0. The zero-order valence-corrected chi connectivity index (χ0v) is 22.9. The smallest absolute Gasteiger partial charge is 0.305 e. The zero-order chi connectivity index (χ0) is 25.1. The molecule has 0 amide bonds. The summed E-state index contributed by atoms with van der Waals surface area (Å²) in [6.07, 6.45) is -2.03. The minimum atomic E-state index is -4.34. The van der Waals surface area contributed by atoms with Gasteiger partial charge < -0.3 is 9.47 Å². The summed E-state index contributed by atoms with van der Waals surface area (Å²) >= 11 is 3.39. The van der Waals surface area contributed by atoms with E-state index in [1.165, 1.54) is 28.8 Å². The molecule has 196 valence electrons. The van der Waals surface area contributed by atoms with Crippen molar-refractivity contribution in [1.29, 1.82) is 0 Å². The maximum absolute atomic E-state index is 12.8. The molecule has 4 aromatic rings. The molecule has 1 saturated heterocycles. The molecule has 2 aromatic heterocycles. The average Bonchev–Trinajstić information content (AvgIpc) is 3.12. The molecule has 0 N–H and O–H groups in total. The van der Waals surface area contributed by atoms with Crippen molar-refractivity contribution in [3.63, 3.8) is 0 Å². The quantitative estimate of drug-likeness (QED) is 0.187. The van der Waals surface area contributed by atoms with Crippen molar-refractivity contribution < 1.29 is 13.2 Å². The minimum absolute atomic E-state index is 0. The van der Waals surface area contributed by atoms with Crippen molar-refractivity contribution in [2.75, 3.05) is 25.4 Å². The largest absolute Gasteiger partial charge is 0.416 e. The Morgan fingerprint density at radius 3 is 2.68 bits per heavy atom. The lowest BCUT2D eigenvalue weighted by atomic mass is 9.95. The summed E-state index contributed by atoms with van der Waals surface area (Å²) in [4.78, 5) is 7.27. The number of aryl methyl sites for hydroxylation is 1. The van der Waals surface area contributed by atoms with E-state index in [1.54, 1.807) is 23.1 Å². The minimum Gasteiger partial charge on any atom is -0.305 e. The van der Waals surface area contributed by atoms with Gasteiger partial charge in [-0.3, -0.25) is 0 Å². The SMILES string of the molecule is Cc1nc2cc(C34C[C@@H]3CN(CCCSc3nnc(-c5ccc(C(F)(F)F)cc5)n3C)C4)ccc2s1.Cl. The van der Waals surface area contributed by atoms with Crippen LogP contribution in [0.2, 0.25) is 0 Å². The molecule has 2 fully saturated rings. The number of rotatable bonds is 7. The van der Waals surface area contributed by atoms with Gasteiger partial charge in [0.25, 0.3) is 0 Å². The number of thioether (sulfide) groups is 1. The van der Waals surface area contributed by atoms with E-state index in [2.05, 4.69) is 45.2 Å². The predicted molar refractivity (Wildman–Crippen MR) is 145 cm³/mol. The van der Waals surface area contributed by atoms with Gasteiger partial charge in [0.15, 0.2) is 11.0 Å². The second-order valence-corrected chi connectivity index (χ2v) is 12.1. The molecule has 2 aliphatic rings. The standard InChI is InChI=1S/C26H26F3N5S2.ClH/c1-16-30-21-12-19(8-9-22(21)36-16)25-13-20(25)14-34(15-25)10-3-11-35-24-32-31-23(33(24)2)17-4-6-18(7-5-17)26(27,28)29;/h4-9,12,20H,3,10-11,13-15H2,1-2H3;1H/t20-,25?;/m1./s1. The van der Waals surface area contributed by atoms with Gasteiger partial charge in [-0.2, -0.15) is 13.2 Å². The fourth-order valence-corrected chi connectivity index (χ4v) is 7.15. The number of likely N-dealkylation sites (tertiary alicyclic amines) is 1. The van der Waals surface area contributed by atoms with Crippen molar-refractivity contribution in [3.8, 4) is 11.4 Å². The molecular formula is C26H27ClF3N5S2. The molecule has 2 atom stereocenters. The molecule has 1 aliphatic carbocycles. The summed E-state index contributed by atoms with van der Waals surface area (Å²) in [5.74, 6) is 2.23. The number of hydrogen-bond donors (Lipinski definition) is 0. The summed E-state index contributed by atoms with van der Waals surface area (Å²) in [5, 5.41) is 10.4. The van der Waals surface area contributed by atoms with E-state index < -0.39 is 11.7 Å². The van der Waals surface area contributed by atoms with Crippen LogP contribution in [-0.4, -0.2) is 50.0 Å². The molecule has 0 bridgehead atoms. The van der Waals surface area contributed by atoms with Crippen molar-refractivity contribution in [1.82, 2.24) is 24.6 Å². The van der Waals surface area contributed by atoms with Gasteiger partial charge in [0.2, 0.25) is 0 Å². The summed E-state index contributed by atoms with van der Waals surface area (Å²) in [7, 11) is 1.85. The Hall–Kier alpha value is -2.14. The van der Waals surface area contributed by atoms with Gasteiger partial charge >= 0.3 is 6.18 Å². The highest BCUT2D eigenvalue weighted by Crippen LogP contribution is 2.59. The van der Waals surface area contributed by atoms with Crippen LogP contribution in [0.3, 0.4) is 0 Å². The second kappa shape index (κ2) is 9.87. The van der Waals surface area contributed by atoms with E-state index in [0.29, 0.717) is 16.8 Å². The molecule has 1 aliphatic heterocycles. The van der Waals surface area contributed by atoms with Gasteiger partial charge in [-0.05, 0) is 62.1 Å². The molecule has 2 aromatic carbocycles. The fraction of sp³-hybridized carbons (Fsp3) is 0.423. The van der Waals surface area contributed by atoms with E-state index in [0.717, 1.165) is 65.5 Å². The Balaban J connectivity index is 0.00000280. The number of thiazole rings is 1. The molecule has 1 unspecified atom stereocenters. The average molecular weight is 566 g/mol. The van der Waals surface area contributed by atoms with Crippen molar-refractivity contribution in [2.24, 2.45) is 13.0 Å². The third kappa shape index (κ3) is 5.01. The highest BCUT2D eigenvalue weighted by Gasteiger charge is 2.60. The number of benzene rings is 2. The molecule has 5 nitrogen and oxygen atoms in total. The van der Waals surface area contributed by atoms with Crippen LogP contribution in [0.4, 0.5) is 13.2 Å². The first kappa shape index (κ1) is 26.5. The van der Waals surface area contributed by atoms with Crippen LogP contribution in [0.5, 0.6) is 0 Å². The Morgan fingerprint density at radius 1 is 1.14 bits per heavy atom. The Kier molecular flexibility index (Phi) is 7.06. The number of aromatic nitrogens is 4. The number of piperidine rings is 1. The first-order chi connectivity index (χ1) is 17.2. The van der Waals surface area contributed by atoms with Crippen molar-refractivity contribution >= 4 is 45.7 Å². The predicted octanol–water partition coefficient (Wildman–Crippen LogP) is 6.60. The molecule has 3 heterocycles. The summed E-state index contributed by atoms with van der Waals surface area (Å²) in [6.45, 7) is 5.38. The molecule has 0 spiro atoms. The molecule has 0 radical (unpaired) electrons. The summed E-state index contributed by atoms with van der Waals surface area (Å²) < 4.78 is 41.6. The zero-order valence-electron chi connectivity index (χ0n) is 20.5. The lowest BCUT2D eigenvalue weighted by Gasteiger charge is -2.21. The molecule has 6 rings (SSSR count). The summed E-state index contributed by atoms with van der Waals surface area (Å²) in [6, 6.07) is 11.9. The Morgan fingerprint density at radius 2 is 1.92 bits per heavy atom. The van der Waals surface area contributed by atoms with E-state index in [1.807, 2.05) is 11.6 Å². The van der Waals surface area contributed by atoms with E-state index in [-0.39, 0.29) is 12.4 Å². The maximum Gasteiger partial charge on any atom is 0.416 e. The van der Waals surface area contributed by atoms with E-state index in [9.17, 15) is 13.2 Å².